The van der Waals surface area contributed by atoms with E-state index in [1.807, 2.05) is 73.7 Å². The molecule has 2 amide bonds. The van der Waals surface area contributed by atoms with Crippen LogP contribution in [0.3, 0.4) is 0 Å². The number of aromatic nitrogens is 1. The minimum absolute atomic E-state index is 0. The van der Waals surface area contributed by atoms with E-state index in [2.05, 4.69) is 20.9 Å². The third kappa shape index (κ3) is 10.8. The van der Waals surface area contributed by atoms with Crippen molar-refractivity contribution in [2.75, 3.05) is 18.4 Å². The third-order valence-corrected chi connectivity index (χ3v) is 5.66. The summed E-state index contributed by atoms with van der Waals surface area (Å²) >= 11 is 0. The second-order valence-electron chi connectivity index (χ2n) is 8.58. The first kappa shape index (κ1) is 30.0. The van der Waals surface area contributed by atoms with Crippen molar-refractivity contribution >= 4 is 23.6 Å². The van der Waals surface area contributed by atoms with Crippen LogP contribution in [0.2, 0.25) is 0 Å². The van der Waals surface area contributed by atoms with E-state index in [1.165, 1.54) is 5.56 Å². The molecular weight excluding hydrogens is 479 g/mol. The second kappa shape index (κ2) is 15.8. The van der Waals surface area contributed by atoms with Crippen LogP contribution >= 0.6 is 0 Å². The number of carboxylic acids is 1. The molecule has 0 bridgehead atoms. The van der Waals surface area contributed by atoms with Gasteiger partial charge in [0.25, 0.3) is 0 Å². The summed E-state index contributed by atoms with van der Waals surface area (Å²) in [4.78, 5) is 40.1. The molecule has 0 aliphatic rings. The number of anilines is 1. The number of nitrogens with one attached hydrogen (secondary N) is 3. The fourth-order valence-corrected chi connectivity index (χ4v) is 3.69. The van der Waals surface area contributed by atoms with Gasteiger partial charge in [0.1, 0.15) is 5.82 Å². The Labute approximate surface area is 241 Å². The van der Waals surface area contributed by atoms with Crippen molar-refractivity contribution in [1.29, 1.82) is 0 Å². The van der Waals surface area contributed by atoms with Gasteiger partial charge in [-0.25, -0.2) is 4.98 Å². The topological polar surface area (TPSA) is 120 Å². The summed E-state index contributed by atoms with van der Waals surface area (Å²) in [6.07, 6.45) is 3.21. The van der Waals surface area contributed by atoms with Gasteiger partial charge in [-0.1, -0.05) is 60.2 Å². The third-order valence-electron chi connectivity index (χ3n) is 5.66. The number of nitrogens with zero attached hydrogens (tertiary/aromatic N) is 1. The average molecular weight is 513 g/mol. The fourth-order valence-electron chi connectivity index (χ4n) is 3.69. The maximum atomic E-state index is 12.4. The van der Waals surface area contributed by atoms with E-state index in [0.29, 0.717) is 24.9 Å². The van der Waals surface area contributed by atoms with Crippen molar-refractivity contribution < 1.29 is 50.5 Å². The fraction of sp³-hybridized carbons (Fsp3) is 0.286. The summed E-state index contributed by atoms with van der Waals surface area (Å²) in [6, 6.07) is 20.5. The van der Waals surface area contributed by atoms with Crippen molar-refractivity contribution in [2.45, 2.75) is 38.6 Å². The van der Waals surface area contributed by atoms with E-state index >= 15 is 0 Å². The van der Waals surface area contributed by atoms with E-state index in [1.54, 1.807) is 6.20 Å². The molecule has 0 spiro atoms. The molecule has 0 aliphatic heterocycles. The second-order valence-corrected chi connectivity index (χ2v) is 8.58. The Balaban J connectivity index is 0.00000361. The molecule has 1 heterocycles. The molecule has 0 saturated heterocycles. The number of hydrogen-bond acceptors (Lipinski definition) is 5. The Bertz CT molecular complexity index is 1150. The first-order valence-corrected chi connectivity index (χ1v) is 12.0. The molecule has 190 valence electrons. The van der Waals surface area contributed by atoms with Crippen LogP contribution in [0, 0.1) is 6.92 Å². The Morgan fingerprint density at radius 2 is 1.59 bits per heavy atom. The minimum atomic E-state index is -1.02. The number of aryl methyl sites for hydroxylation is 1. The smallest absolute Gasteiger partial charge is 1.00 e. The number of benzene rings is 2. The van der Waals surface area contributed by atoms with E-state index in [0.717, 1.165) is 23.4 Å². The number of unbranched alkanes of at least 4 members (excludes halogenated alkanes) is 1. The summed E-state index contributed by atoms with van der Waals surface area (Å²) in [5, 5.41) is 17.8. The van der Waals surface area contributed by atoms with E-state index in [9.17, 15) is 19.5 Å². The molecule has 0 radical (unpaired) electrons. The predicted molar refractivity (Wildman–Crippen MR) is 140 cm³/mol. The maximum absolute atomic E-state index is 12.4. The Hall–Kier alpha value is -3.20. The van der Waals surface area contributed by atoms with Gasteiger partial charge >= 0.3 is 35.5 Å². The van der Waals surface area contributed by atoms with Gasteiger partial charge < -0.3 is 22.5 Å². The standard InChI is InChI=1S/C28H32N4O4.Na.H/c1-20-8-10-21(11-9-20)22-12-14-23(15-13-22)24(18-28(35)36)32-27(34)19-31-26(33)7-3-5-17-30-25-6-2-4-16-29-25;;/h2,4,6,8-16,24H,3,5,7,17-19H2,1H3,(H,29,30)(H,31,33)(H,32,34)(H,35,36);;/q;+1;-1. The SMILES string of the molecule is Cc1ccc(-c2ccc(C(CC(=O)O)NC(=O)CNC(=O)CCCCNc3ccccn3)cc2)cc1.[H-].[Na+]. The maximum Gasteiger partial charge on any atom is 1.00 e. The van der Waals surface area contributed by atoms with Crippen LogP contribution in [0.5, 0.6) is 0 Å². The van der Waals surface area contributed by atoms with Gasteiger partial charge in [-0.2, -0.15) is 0 Å². The minimum Gasteiger partial charge on any atom is -1.00 e. The molecule has 2 aromatic carbocycles. The summed E-state index contributed by atoms with van der Waals surface area (Å²) in [5.41, 5.74) is 3.92. The molecule has 37 heavy (non-hydrogen) atoms. The number of carbonyl (C=O) groups is 3. The number of carbonyl (C=O) groups excluding carboxylic acids is 2. The molecule has 4 N–H and O–H groups in total. The van der Waals surface area contributed by atoms with Crippen LogP contribution in [0.4, 0.5) is 5.82 Å². The van der Waals surface area contributed by atoms with Gasteiger partial charge in [0.2, 0.25) is 11.8 Å². The summed E-state index contributed by atoms with van der Waals surface area (Å²) in [5.74, 6) is -0.889. The number of hydrogen-bond donors (Lipinski definition) is 4. The molecule has 1 unspecified atom stereocenters. The summed E-state index contributed by atoms with van der Waals surface area (Å²) < 4.78 is 0. The number of aliphatic carboxylic acids is 1. The molecule has 0 aliphatic carbocycles. The normalized spacial score (nSPS) is 11.1. The molecular formula is C28H33N4NaO4. The van der Waals surface area contributed by atoms with Gasteiger partial charge in [0.15, 0.2) is 0 Å². The van der Waals surface area contributed by atoms with Gasteiger partial charge in [-0.3, -0.25) is 14.4 Å². The van der Waals surface area contributed by atoms with Crippen molar-refractivity contribution in [3.05, 3.63) is 84.1 Å². The van der Waals surface area contributed by atoms with Crippen molar-refractivity contribution in [3.63, 3.8) is 0 Å². The van der Waals surface area contributed by atoms with Crippen LogP contribution in [0.25, 0.3) is 11.1 Å². The van der Waals surface area contributed by atoms with Gasteiger partial charge in [0, 0.05) is 19.2 Å². The number of amides is 2. The molecule has 3 rings (SSSR count). The van der Waals surface area contributed by atoms with E-state index in [4.69, 9.17) is 0 Å². The van der Waals surface area contributed by atoms with E-state index < -0.39 is 17.9 Å². The molecule has 1 atom stereocenters. The van der Waals surface area contributed by atoms with Crippen LogP contribution in [0.1, 0.15) is 44.3 Å². The Kier molecular flexibility index (Phi) is 12.8. The van der Waals surface area contributed by atoms with Crippen LogP contribution < -0.4 is 45.5 Å². The van der Waals surface area contributed by atoms with Gasteiger partial charge in [-0.15, -0.1) is 0 Å². The van der Waals surface area contributed by atoms with Gasteiger partial charge in [-0.05, 0) is 48.6 Å². The molecule has 3 aromatic rings. The first-order valence-electron chi connectivity index (χ1n) is 12.0. The number of carboxylic acid groups (broad SMARTS) is 1. The van der Waals surface area contributed by atoms with Crippen LogP contribution in [-0.2, 0) is 14.4 Å². The quantitative estimate of drug-likeness (QED) is 0.202. The monoisotopic (exact) mass is 512 g/mol. The van der Waals surface area contributed by atoms with E-state index in [-0.39, 0.29) is 49.9 Å². The zero-order valence-corrected chi connectivity index (χ0v) is 23.4. The predicted octanol–water partition coefficient (Wildman–Crippen LogP) is 1.20. The zero-order valence-electron chi connectivity index (χ0n) is 22.4. The Morgan fingerprint density at radius 1 is 0.919 bits per heavy atom. The first-order chi connectivity index (χ1) is 17.4. The molecule has 1 aromatic heterocycles. The zero-order chi connectivity index (χ0) is 25.8. The molecule has 0 saturated carbocycles. The van der Waals surface area contributed by atoms with Crippen molar-refractivity contribution in [1.82, 2.24) is 15.6 Å². The Morgan fingerprint density at radius 3 is 2.22 bits per heavy atom. The number of pyridine rings is 1. The molecule has 9 heteroatoms. The van der Waals surface area contributed by atoms with Crippen molar-refractivity contribution in [3.8, 4) is 11.1 Å². The van der Waals surface area contributed by atoms with Crippen molar-refractivity contribution in [2.24, 2.45) is 0 Å². The average Bonchev–Trinajstić information content (AvgIpc) is 2.88. The molecule has 0 fully saturated rings. The van der Waals surface area contributed by atoms with Crippen LogP contribution in [-0.4, -0.2) is 41.0 Å². The van der Waals surface area contributed by atoms with Gasteiger partial charge in [0.05, 0.1) is 19.0 Å². The number of rotatable bonds is 13. The molecule has 8 nitrogen and oxygen atoms in total. The van der Waals surface area contributed by atoms with Crippen LogP contribution in [0.15, 0.2) is 72.9 Å². The largest absolute Gasteiger partial charge is 1.00 e. The summed E-state index contributed by atoms with van der Waals surface area (Å²) in [7, 11) is 0. The summed E-state index contributed by atoms with van der Waals surface area (Å²) in [6.45, 7) is 2.52.